The van der Waals surface area contributed by atoms with E-state index in [1.165, 1.54) is 6.07 Å². The van der Waals surface area contributed by atoms with Crippen molar-refractivity contribution >= 4 is 21.6 Å². The van der Waals surface area contributed by atoms with Gasteiger partial charge in [-0.3, -0.25) is 10.1 Å². The maximum Gasteiger partial charge on any atom is 0.311 e. The van der Waals surface area contributed by atoms with E-state index in [1.54, 1.807) is 25.1 Å². The topological polar surface area (TPSA) is 64.4 Å². The lowest BCUT2D eigenvalue weighted by molar-refractivity contribution is -0.385. The average Bonchev–Trinajstić information content (AvgIpc) is 2.44. The Morgan fingerprint density at radius 3 is 2.71 bits per heavy atom. The van der Waals surface area contributed by atoms with E-state index in [-0.39, 0.29) is 11.4 Å². The molecule has 0 saturated carbocycles. The molecule has 0 spiro atoms. The Hall–Kier alpha value is -1.92. The minimum Gasteiger partial charge on any atom is -0.450 e. The van der Waals surface area contributed by atoms with Gasteiger partial charge >= 0.3 is 5.69 Å². The quantitative estimate of drug-likeness (QED) is 0.648. The molecule has 2 aromatic rings. The SMILES string of the molecule is CNCc1ccc(Oc2c(C)cccc2[N+](=O)[O-])cc1Br. The minimum atomic E-state index is -0.438. The van der Waals surface area contributed by atoms with Gasteiger partial charge < -0.3 is 10.1 Å². The van der Waals surface area contributed by atoms with Gasteiger partial charge in [0.25, 0.3) is 0 Å². The highest BCUT2D eigenvalue weighted by atomic mass is 79.9. The Bertz CT molecular complexity index is 674. The number of ether oxygens (including phenoxy) is 1. The lowest BCUT2D eigenvalue weighted by Gasteiger charge is -2.11. The lowest BCUT2D eigenvalue weighted by Crippen LogP contribution is -2.05. The van der Waals surface area contributed by atoms with Gasteiger partial charge in [0.2, 0.25) is 5.75 Å². The molecule has 21 heavy (non-hydrogen) atoms. The number of rotatable bonds is 5. The van der Waals surface area contributed by atoms with Crippen LogP contribution >= 0.6 is 15.9 Å². The van der Waals surface area contributed by atoms with Crippen LogP contribution in [0.1, 0.15) is 11.1 Å². The Labute approximate surface area is 131 Å². The van der Waals surface area contributed by atoms with Crippen molar-refractivity contribution in [3.8, 4) is 11.5 Å². The molecule has 0 atom stereocenters. The van der Waals surface area contributed by atoms with Crippen LogP contribution in [0.4, 0.5) is 5.69 Å². The lowest BCUT2D eigenvalue weighted by atomic mass is 10.2. The van der Waals surface area contributed by atoms with Crippen molar-refractivity contribution in [2.75, 3.05) is 7.05 Å². The molecule has 0 fully saturated rings. The maximum atomic E-state index is 11.1. The van der Waals surface area contributed by atoms with E-state index in [4.69, 9.17) is 4.74 Å². The Morgan fingerprint density at radius 1 is 1.33 bits per heavy atom. The van der Waals surface area contributed by atoms with Crippen molar-refractivity contribution in [2.45, 2.75) is 13.5 Å². The molecule has 0 saturated heterocycles. The first-order chi connectivity index (χ1) is 10.0. The van der Waals surface area contributed by atoms with Gasteiger partial charge in [-0.25, -0.2) is 0 Å². The van der Waals surface area contributed by atoms with Crippen molar-refractivity contribution in [1.29, 1.82) is 0 Å². The number of nitro benzene ring substituents is 1. The highest BCUT2D eigenvalue weighted by Gasteiger charge is 2.18. The molecule has 1 N–H and O–H groups in total. The smallest absolute Gasteiger partial charge is 0.311 e. The molecule has 0 unspecified atom stereocenters. The van der Waals surface area contributed by atoms with Crippen LogP contribution in [0.5, 0.6) is 11.5 Å². The summed E-state index contributed by atoms with van der Waals surface area (Å²) in [5.74, 6) is 0.829. The number of nitrogens with one attached hydrogen (secondary N) is 1. The van der Waals surface area contributed by atoms with Crippen LogP contribution in [0.2, 0.25) is 0 Å². The van der Waals surface area contributed by atoms with Crippen LogP contribution in [0.3, 0.4) is 0 Å². The van der Waals surface area contributed by atoms with E-state index in [0.29, 0.717) is 5.75 Å². The zero-order valence-corrected chi connectivity index (χ0v) is 13.3. The number of hydrogen-bond donors (Lipinski definition) is 1. The zero-order chi connectivity index (χ0) is 15.4. The van der Waals surface area contributed by atoms with Gasteiger partial charge in [0.1, 0.15) is 5.75 Å². The third-order valence-corrected chi connectivity index (χ3v) is 3.74. The molecular weight excluding hydrogens is 336 g/mol. The summed E-state index contributed by atoms with van der Waals surface area (Å²) in [4.78, 5) is 10.6. The number of para-hydroxylation sites is 1. The molecule has 0 amide bonds. The largest absolute Gasteiger partial charge is 0.450 e. The van der Waals surface area contributed by atoms with Gasteiger partial charge in [0, 0.05) is 17.1 Å². The summed E-state index contributed by atoms with van der Waals surface area (Å²) < 4.78 is 6.62. The normalized spacial score (nSPS) is 10.4. The van der Waals surface area contributed by atoms with Crippen LogP contribution in [0.15, 0.2) is 40.9 Å². The molecule has 0 aliphatic heterocycles. The fourth-order valence-electron chi connectivity index (χ4n) is 1.96. The fourth-order valence-corrected chi connectivity index (χ4v) is 2.45. The molecule has 0 aliphatic carbocycles. The number of hydrogen-bond acceptors (Lipinski definition) is 4. The monoisotopic (exact) mass is 350 g/mol. The second-order valence-corrected chi connectivity index (χ2v) is 5.42. The number of halogens is 1. The van der Waals surface area contributed by atoms with Crippen LogP contribution in [0, 0.1) is 17.0 Å². The van der Waals surface area contributed by atoms with Gasteiger partial charge in [0.05, 0.1) is 4.92 Å². The molecular formula is C15H15BrN2O3. The highest BCUT2D eigenvalue weighted by Crippen LogP contribution is 2.35. The van der Waals surface area contributed by atoms with E-state index in [2.05, 4.69) is 21.2 Å². The molecule has 110 valence electrons. The molecule has 0 aromatic heterocycles. The third kappa shape index (κ3) is 3.59. The fraction of sp³-hybridized carbons (Fsp3) is 0.200. The van der Waals surface area contributed by atoms with Gasteiger partial charge in [-0.15, -0.1) is 0 Å². The van der Waals surface area contributed by atoms with Gasteiger partial charge in [0.15, 0.2) is 0 Å². The first kappa shape index (κ1) is 15.5. The van der Waals surface area contributed by atoms with E-state index < -0.39 is 4.92 Å². The van der Waals surface area contributed by atoms with E-state index in [9.17, 15) is 10.1 Å². The molecule has 0 aliphatic rings. The van der Waals surface area contributed by atoms with Crippen molar-refractivity contribution in [2.24, 2.45) is 0 Å². The maximum absolute atomic E-state index is 11.1. The van der Waals surface area contributed by atoms with Crippen LogP contribution in [-0.2, 0) is 6.54 Å². The summed E-state index contributed by atoms with van der Waals surface area (Å²) in [5.41, 5.74) is 1.77. The predicted octanol–water partition coefficient (Wildman–Crippen LogP) is 4.18. The van der Waals surface area contributed by atoms with Crippen molar-refractivity contribution < 1.29 is 9.66 Å². The summed E-state index contributed by atoms with van der Waals surface area (Å²) in [6.45, 7) is 2.51. The van der Waals surface area contributed by atoms with Crippen molar-refractivity contribution in [1.82, 2.24) is 5.32 Å². The zero-order valence-electron chi connectivity index (χ0n) is 11.7. The van der Waals surface area contributed by atoms with Gasteiger partial charge in [-0.1, -0.05) is 34.1 Å². The van der Waals surface area contributed by atoms with E-state index in [1.807, 2.05) is 19.2 Å². The summed E-state index contributed by atoms with van der Waals surface area (Å²) >= 11 is 3.47. The molecule has 6 heteroatoms. The molecule has 0 heterocycles. The van der Waals surface area contributed by atoms with Gasteiger partial charge in [-0.05, 0) is 37.2 Å². The third-order valence-electron chi connectivity index (χ3n) is 3.00. The van der Waals surface area contributed by atoms with Crippen molar-refractivity contribution in [3.63, 3.8) is 0 Å². The number of aryl methyl sites for hydroxylation is 1. The Balaban J connectivity index is 2.34. The summed E-state index contributed by atoms with van der Waals surface area (Å²) in [5, 5.41) is 14.1. The molecule has 0 bridgehead atoms. The summed E-state index contributed by atoms with van der Waals surface area (Å²) in [6, 6.07) is 10.4. The highest BCUT2D eigenvalue weighted by molar-refractivity contribution is 9.10. The van der Waals surface area contributed by atoms with Gasteiger partial charge in [-0.2, -0.15) is 0 Å². The first-order valence-electron chi connectivity index (χ1n) is 6.38. The molecule has 5 nitrogen and oxygen atoms in total. The van der Waals surface area contributed by atoms with Crippen LogP contribution in [-0.4, -0.2) is 12.0 Å². The first-order valence-corrected chi connectivity index (χ1v) is 7.17. The Kier molecular flexibility index (Phi) is 4.93. The second-order valence-electron chi connectivity index (χ2n) is 4.57. The second kappa shape index (κ2) is 6.69. The van der Waals surface area contributed by atoms with Crippen LogP contribution < -0.4 is 10.1 Å². The minimum absolute atomic E-state index is 0.0366. The number of nitrogens with zero attached hydrogens (tertiary/aromatic N) is 1. The molecule has 0 radical (unpaired) electrons. The Morgan fingerprint density at radius 2 is 2.10 bits per heavy atom. The standard InChI is InChI=1S/C15H15BrN2O3/c1-10-4-3-5-14(18(19)20)15(10)21-12-7-6-11(9-17-2)13(16)8-12/h3-8,17H,9H2,1-2H3. The molecule has 2 rings (SSSR count). The van der Waals surface area contributed by atoms with Crippen molar-refractivity contribution in [3.05, 3.63) is 62.1 Å². The number of benzene rings is 2. The average molecular weight is 351 g/mol. The number of nitro groups is 1. The predicted molar refractivity (Wildman–Crippen MR) is 84.8 cm³/mol. The van der Waals surface area contributed by atoms with E-state index >= 15 is 0 Å². The molecule has 2 aromatic carbocycles. The van der Waals surface area contributed by atoms with Crippen LogP contribution in [0.25, 0.3) is 0 Å². The van der Waals surface area contributed by atoms with E-state index in [0.717, 1.165) is 22.1 Å². The summed E-state index contributed by atoms with van der Waals surface area (Å²) in [6.07, 6.45) is 0. The summed E-state index contributed by atoms with van der Waals surface area (Å²) in [7, 11) is 1.87.